The SMILES string of the molecule is O=C(Cn1ccc2c(Cl)cccc21)Nc1n[nH]c(C2CC2)n1. The summed E-state index contributed by atoms with van der Waals surface area (Å²) < 4.78 is 1.85. The van der Waals surface area contributed by atoms with Crippen LogP contribution >= 0.6 is 11.6 Å². The van der Waals surface area contributed by atoms with Crippen molar-refractivity contribution in [3.8, 4) is 0 Å². The molecule has 2 N–H and O–H groups in total. The first-order valence-electron chi connectivity index (χ1n) is 7.16. The van der Waals surface area contributed by atoms with Crippen molar-refractivity contribution >= 4 is 34.4 Å². The Morgan fingerprint density at radius 2 is 2.27 bits per heavy atom. The monoisotopic (exact) mass is 315 g/mol. The Morgan fingerprint density at radius 1 is 1.41 bits per heavy atom. The molecule has 1 saturated carbocycles. The summed E-state index contributed by atoms with van der Waals surface area (Å²) in [7, 11) is 0. The van der Waals surface area contributed by atoms with Gasteiger partial charge in [0.25, 0.3) is 0 Å². The van der Waals surface area contributed by atoms with Crippen LogP contribution in [0.1, 0.15) is 24.6 Å². The third-order valence-electron chi connectivity index (χ3n) is 3.79. The molecule has 0 atom stereocenters. The van der Waals surface area contributed by atoms with Crippen molar-refractivity contribution in [2.75, 3.05) is 5.32 Å². The summed E-state index contributed by atoms with van der Waals surface area (Å²) in [5, 5.41) is 11.2. The fourth-order valence-electron chi connectivity index (χ4n) is 2.51. The van der Waals surface area contributed by atoms with Gasteiger partial charge in [0.05, 0.1) is 0 Å². The number of rotatable bonds is 4. The van der Waals surface area contributed by atoms with E-state index >= 15 is 0 Å². The topological polar surface area (TPSA) is 75.6 Å². The van der Waals surface area contributed by atoms with E-state index in [9.17, 15) is 4.79 Å². The van der Waals surface area contributed by atoms with Crippen LogP contribution in [0.25, 0.3) is 10.9 Å². The lowest BCUT2D eigenvalue weighted by atomic mass is 10.2. The highest BCUT2D eigenvalue weighted by atomic mass is 35.5. The van der Waals surface area contributed by atoms with Gasteiger partial charge in [0.1, 0.15) is 12.4 Å². The van der Waals surface area contributed by atoms with Crippen molar-refractivity contribution in [3.05, 3.63) is 41.3 Å². The largest absolute Gasteiger partial charge is 0.338 e. The quantitative estimate of drug-likeness (QED) is 0.777. The molecule has 0 unspecified atom stereocenters. The van der Waals surface area contributed by atoms with Crippen LogP contribution in [0.15, 0.2) is 30.5 Å². The maximum atomic E-state index is 12.1. The van der Waals surface area contributed by atoms with Crippen molar-refractivity contribution in [3.63, 3.8) is 0 Å². The lowest BCUT2D eigenvalue weighted by Gasteiger charge is -2.05. The number of amides is 1. The van der Waals surface area contributed by atoms with Crippen LogP contribution in [-0.2, 0) is 11.3 Å². The van der Waals surface area contributed by atoms with Gasteiger partial charge in [-0.25, -0.2) is 0 Å². The molecule has 0 saturated heterocycles. The second-order valence-corrected chi connectivity index (χ2v) is 5.89. The van der Waals surface area contributed by atoms with Gasteiger partial charge >= 0.3 is 0 Å². The van der Waals surface area contributed by atoms with Crippen molar-refractivity contribution in [1.29, 1.82) is 0 Å². The first-order valence-corrected chi connectivity index (χ1v) is 7.54. The van der Waals surface area contributed by atoms with E-state index in [-0.39, 0.29) is 12.5 Å². The molecule has 4 rings (SSSR count). The van der Waals surface area contributed by atoms with Crippen LogP contribution in [0.2, 0.25) is 5.02 Å². The van der Waals surface area contributed by atoms with Crippen LogP contribution in [-0.4, -0.2) is 25.7 Å². The minimum absolute atomic E-state index is 0.168. The Kier molecular flexibility index (Phi) is 3.11. The van der Waals surface area contributed by atoms with Gasteiger partial charge in [-0.3, -0.25) is 15.2 Å². The molecule has 1 aromatic carbocycles. The van der Waals surface area contributed by atoms with E-state index in [4.69, 9.17) is 11.6 Å². The van der Waals surface area contributed by atoms with Gasteiger partial charge in [-0.15, -0.1) is 5.10 Å². The number of H-pyrrole nitrogens is 1. The summed E-state index contributed by atoms with van der Waals surface area (Å²) >= 11 is 6.14. The Labute approximate surface area is 131 Å². The molecule has 7 heteroatoms. The molecule has 112 valence electrons. The molecular weight excluding hydrogens is 302 g/mol. The number of fused-ring (bicyclic) bond motifs is 1. The van der Waals surface area contributed by atoms with E-state index in [2.05, 4.69) is 20.5 Å². The molecule has 0 spiro atoms. The summed E-state index contributed by atoms with van der Waals surface area (Å²) in [4.78, 5) is 16.4. The molecule has 1 aliphatic rings. The van der Waals surface area contributed by atoms with Gasteiger partial charge in [0, 0.05) is 28.0 Å². The first-order chi connectivity index (χ1) is 10.7. The molecule has 1 amide bonds. The molecule has 2 aromatic heterocycles. The molecule has 1 aliphatic carbocycles. The summed E-state index contributed by atoms with van der Waals surface area (Å²) in [6.45, 7) is 0.192. The molecule has 3 aromatic rings. The van der Waals surface area contributed by atoms with Gasteiger partial charge in [0.2, 0.25) is 11.9 Å². The normalized spacial score (nSPS) is 14.4. The van der Waals surface area contributed by atoms with Crippen molar-refractivity contribution in [2.45, 2.75) is 25.3 Å². The number of hydrogen-bond donors (Lipinski definition) is 2. The van der Waals surface area contributed by atoms with Crippen LogP contribution < -0.4 is 5.32 Å². The minimum Gasteiger partial charge on any atom is -0.338 e. The van der Waals surface area contributed by atoms with E-state index in [0.717, 1.165) is 29.6 Å². The third kappa shape index (κ3) is 2.46. The number of nitrogens with zero attached hydrogens (tertiary/aromatic N) is 3. The van der Waals surface area contributed by atoms with E-state index in [1.54, 1.807) is 0 Å². The number of hydrogen-bond acceptors (Lipinski definition) is 3. The summed E-state index contributed by atoms with van der Waals surface area (Å²) in [5.41, 5.74) is 0.927. The van der Waals surface area contributed by atoms with Crippen molar-refractivity contribution in [1.82, 2.24) is 19.7 Å². The zero-order valence-electron chi connectivity index (χ0n) is 11.7. The first kappa shape index (κ1) is 13.3. The highest BCUT2D eigenvalue weighted by Gasteiger charge is 2.27. The third-order valence-corrected chi connectivity index (χ3v) is 4.12. The number of halogens is 1. The van der Waals surface area contributed by atoms with Crippen LogP contribution in [0.4, 0.5) is 5.95 Å². The standard InChI is InChI=1S/C15H14ClN5O/c16-11-2-1-3-12-10(11)6-7-21(12)8-13(22)17-15-18-14(19-20-15)9-4-5-9/h1-3,6-7,9H,4-5,8H2,(H2,17,18,19,20,22). The number of carbonyl (C=O) groups excluding carboxylic acids is 1. The predicted octanol–water partition coefficient (Wildman–Crippen LogP) is 2.93. The highest BCUT2D eigenvalue weighted by molar-refractivity contribution is 6.35. The van der Waals surface area contributed by atoms with E-state index in [1.165, 1.54) is 0 Å². The molecule has 1 fully saturated rings. The molecular formula is C15H14ClN5O. The molecule has 22 heavy (non-hydrogen) atoms. The van der Waals surface area contributed by atoms with Gasteiger partial charge in [-0.1, -0.05) is 17.7 Å². The summed E-state index contributed by atoms with van der Waals surface area (Å²) in [6.07, 6.45) is 4.13. The fourth-order valence-corrected chi connectivity index (χ4v) is 2.74. The fraction of sp³-hybridized carbons (Fsp3) is 0.267. The number of aromatic nitrogens is 4. The average Bonchev–Trinajstić information content (AvgIpc) is 3.12. The summed E-state index contributed by atoms with van der Waals surface area (Å²) in [5.74, 6) is 1.50. The number of carbonyl (C=O) groups is 1. The maximum absolute atomic E-state index is 12.1. The Bertz CT molecular complexity index is 849. The second-order valence-electron chi connectivity index (χ2n) is 5.48. The molecule has 0 aliphatic heterocycles. The average molecular weight is 316 g/mol. The molecule has 0 radical (unpaired) electrons. The summed E-state index contributed by atoms with van der Waals surface area (Å²) in [6, 6.07) is 7.55. The van der Waals surface area contributed by atoms with E-state index in [0.29, 0.717) is 16.9 Å². The number of anilines is 1. The van der Waals surface area contributed by atoms with Crippen LogP contribution in [0.5, 0.6) is 0 Å². The van der Waals surface area contributed by atoms with E-state index in [1.807, 2.05) is 35.0 Å². The van der Waals surface area contributed by atoms with Gasteiger partial charge in [0.15, 0.2) is 0 Å². The molecule has 6 nitrogen and oxygen atoms in total. The molecule has 2 heterocycles. The van der Waals surface area contributed by atoms with Gasteiger partial charge < -0.3 is 4.57 Å². The van der Waals surface area contributed by atoms with Crippen molar-refractivity contribution in [2.24, 2.45) is 0 Å². The second kappa shape index (κ2) is 5.14. The lowest BCUT2D eigenvalue weighted by molar-refractivity contribution is -0.116. The van der Waals surface area contributed by atoms with Crippen LogP contribution in [0.3, 0.4) is 0 Å². The Morgan fingerprint density at radius 3 is 3.09 bits per heavy atom. The van der Waals surface area contributed by atoms with Gasteiger partial charge in [-0.05, 0) is 31.0 Å². The number of benzene rings is 1. The minimum atomic E-state index is -0.168. The van der Waals surface area contributed by atoms with E-state index < -0.39 is 0 Å². The molecule has 0 bridgehead atoms. The smallest absolute Gasteiger partial charge is 0.248 e. The highest BCUT2D eigenvalue weighted by Crippen LogP contribution is 2.38. The predicted molar refractivity (Wildman–Crippen MR) is 83.9 cm³/mol. The number of aromatic amines is 1. The van der Waals surface area contributed by atoms with Gasteiger partial charge in [-0.2, -0.15) is 4.98 Å². The Balaban J connectivity index is 1.49. The van der Waals surface area contributed by atoms with Crippen molar-refractivity contribution < 1.29 is 4.79 Å². The zero-order valence-corrected chi connectivity index (χ0v) is 12.5. The maximum Gasteiger partial charge on any atom is 0.248 e. The zero-order chi connectivity index (χ0) is 15.1. The van der Waals surface area contributed by atoms with Crippen LogP contribution in [0, 0.1) is 0 Å². The number of nitrogens with one attached hydrogen (secondary N) is 2. The lowest BCUT2D eigenvalue weighted by Crippen LogP contribution is -2.19. The Hall–Kier alpha value is -2.34.